The van der Waals surface area contributed by atoms with E-state index in [1.165, 1.54) is 28.3 Å². The maximum Gasteiger partial charge on any atom is 0.276 e. The third-order valence-electron chi connectivity index (χ3n) is 9.32. The van der Waals surface area contributed by atoms with E-state index in [2.05, 4.69) is 20.6 Å². The molecule has 0 radical (unpaired) electrons. The quantitative estimate of drug-likeness (QED) is 0.0820. The Labute approximate surface area is 344 Å². The lowest BCUT2D eigenvalue weighted by atomic mass is 10.0. The topological polar surface area (TPSA) is 189 Å². The number of carbonyl (C=O) groups excluding carboxylic acids is 4. The highest BCUT2D eigenvalue weighted by atomic mass is 35.5. The second-order valence-electron chi connectivity index (χ2n) is 13.3. The fourth-order valence-corrected chi connectivity index (χ4v) is 6.42. The van der Waals surface area contributed by atoms with Crippen LogP contribution in [0.1, 0.15) is 32.1 Å². The fraction of sp³-hybridized carbons (Fsp3) is 0.238. The number of aromatic amines is 2. The summed E-state index contributed by atoms with van der Waals surface area (Å²) in [6.07, 6.45) is -2.43. The average molecular weight is 832 g/mol. The monoisotopic (exact) mass is 830 g/mol. The number of H-pyrrole nitrogens is 2. The Balaban J connectivity index is 0.000000221. The number of rotatable bonds is 14. The van der Waals surface area contributed by atoms with Gasteiger partial charge >= 0.3 is 0 Å². The zero-order valence-electron chi connectivity index (χ0n) is 32.1. The first-order chi connectivity index (χ1) is 27.8. The van der Waals surface area contributed by atoms with E-state index in [0.29, 0.717) is 21.4 Å². The minimum atomic E-state index is -1.48. The van der Waals surface area contributed by atoms with E-state index in [1.54, 1.807) is 48.5 Å². The van der Waals surface area contributed by atoms with Crippen molar-refractivity contribution in [1.29, 1.82) is 0 Å². The molecule has 0 spiro atoms. The molecule has 0 aliphatic rings. The second kappa shape index (κ2) is 20.1. The van der Waals surface area contributed by atoms with Crippen molar-refractivity contribution in [3.05, 3.63) is 142 Å². The number of hydrogen-bond donors (Lipinski definition) is 6. The molecule has 2 aromatic heterocycles. The van der Waals surface area contributed by atoms with Gasteiger partial charge in [-0.3, -0.25) is 28.9 Å². The molecule has 304 valence electrons. The molecule has 58 heavy (non-hydrogen) atoms. The van der Waals surface area contributed by atoms with Gasteiger partial charge in [0.05, 0.1) is 26.3 Å². The zero-order chi connectivity index (χ0) is 41.9. The van der Waals surface area contributed by atoms with Gasteiger partial charge < -0.3 is 30.8 Å². The Hall–Kier alpha value is -5.74. The summed E-state index contributed by atoms with van der Waals surface area (Å²) in [6.45, 7) is 0. The van der Waals surface area contributed by atoms with Crippen molar-refractivity contribution >= 4 is 68.6 Å². The number of aliphatic hydroxyl groups is 2. The molecule has 6 N–H and O–H groups in total. The van der Waals surface area contributed by atoms with E-state index >= 15 is 0 Å². The summed E-state index contributed by atoms with van der Waals surface area (Å²) in [5.74, 6) is -2.19. The van der Waals surface area contributed by atoms with E-state index in [1.807, 2.05) is 60.7 Å². The molecular weight excluding hydrogens is 787 g/mol. The highest BCUT2D eigenvalue weighted by Crippen LogP contribution is 2.22. The number of benzene rings is 4. The van der Waals surface area contributed by atoms with Crippen LogP contribution in [-0.2, 0) is 32.1 Å². The molecule has 6 rings (SSSR count). The Bertz CT molecular complexity index is 2170. The van der Waals surface area contributed by atoms with Gasteiger partial charge in [0, 0.05) is 45.9 Å². The third-order valence-corrected chi connectivity index (χ3v) is 9.79. The molecule has 6 aromatic rings. The number of aliphatic hydroxyl groups excluding tert-OH is 2. The Morgan fingerprint density at radius 1 is 0.603 bits per heavy atom. The summed E-state index contributed by atoms with van der Waals surface area (Å²) in [4.78, 5) is 66.2. The summed E-state index contributed by atoms with van der Waals surface area (Å²) >= 11 is 12.0. The van der Waals surface area contributed by atoms with Crippen molar-refractivity contribution in [3.63, 3.8) is 0 Å². The molecule has 0 fully saturated rings. The zero-order valence-corrected chi connectivity index (χ0v) is 33.6. The van der Waals surface area contributed by atoms with Gasteiger partial charge in [-0.05, 0) is 72.5 Å². The molecule has 0 saturated heterocycles. The first kappa shape index (κ1) is 43.4. The lowest BCUT2D eigenvalue weighted by Gasteiger charge is -2.26. The van der Waals surface area contributed by atoms with Crippen LogP contribution in [0.15, 0.2) is 109 Å². The molecule has 0 saturated carbocycles. The third kappa shape index (κ3) is 11.2. The van der Waals surface area contributed by atoms with Gasteiger partial charge in [-0.25, -0.2) is 10.1 Å². The molecule has 2 heterocycles. The van der Waals surface area contributed by atoms with Gasteiger partial charge in [0.15, 0.2) is 12.2 Å². The number of amides is 4. The summed E-state index contributed by atoms with van der Waals surface area (Å²) in [5, 5.41) is 31.3. The van der Waals surface area contributed by atoms with Gasteiger partial charge in [0.25, 0.3) is 23.6 Å². The van der Waals surface area contributed by atoms with Crippen LogP contribution in [0.2, 0.25) is 10.0 Å². The number of carbonyl (C=O) groups is 4. The first-order valence-electron chi connectivity index (χ1n) is 18.0. The van der Waals surface area contributed by atoms with Crippen LogP contribution in [0.5, 0.6) is 0 Å². The predicted molar refractivity (Wildman–Crippen MR) is 221 cm³/mol. The summed E-state index contributed by atoms with van der Waals surface area (Å²) in [7, 11) is 5.44. The molecule has 4 atom stereocenters. The maximum absolute atomic E-state index is 12.8. The highest BCUT2D eigenvalue weighted by Gasteiger charge is 2.32. The molecule has 0 bridgehead atoms. The number of hydrogen-bond acceptors (Lipinski definition) is 8. The van der Waals surface area contributed by atoms with Gasteiger partial charge in [-0.1, -0.05) is 83.9 Å². The number of likely N-dealkylation sites (N-methyl/N-ethyl adjacent to an activating group) is 2. The lowest BCUT2D eigenvalue weighted by molar-refractivity contribution is -0.179. The Morgan fingerprint density at radius 2 is 0.966 bits per heavy atom. The van der Waals surface area contributed by atoms with Crippen LogP contribution in [-0.4, -0.2) is 107 Å². The standard InChI is InChI=1S/2C21H22ClN3O4/c2*1-25(29-2)21(28)19(26)17(10-13-6-4-3-5-7-13)24-20(27)18-12-14-11-15(22)8-9-16(14)23-18/h2*3-9,11-12,17,19,23,26H,10H2,1-2H3,(H,24,27)/t2*17-,19+/m00/s1. The van der Waals surface area contributed by atoms with Gasteiger partial charge in [0.1, 0.15) is 11.4 Å². The molecule has 0 aliphatic heterocycles. The number of halogens is 2. The van der Waals surface area contributed by atoms with Crippen LogP contribution in [0.25, 0.3) is 21.8 Å². The normalized spacial score (nSPS) is 13.1. The first-order valence-corrected chi connectivity index (χ1v) is 18.8. The van der Waals surface area contributed by atoms with Crippen molar-refractivity contribution in [3.8, 4) is 0 Å². The number of nitrogens with one attached hydrogen (secondary N) is 4. The summed E-state index contributed by atoms with van der Waals surface area (Å²) in [5.41, 5.74) is 3.87. The van der Waals surface area contributed by atoms with Crippen molar-refractivity contribution in [1.82, 2.24) is 30.7 Å². The van der Waals surface area contributed by atoms with Crippen LogP contribution < -0.4 is 10.6 Å². The van der Waals surface area contributed by atoms with Crippen molar-refractivity contribution in [2.24, 2.45) is 0 Å². The molecular formula is C42H44Cl2N6O8. The van der Waals surface area contributed by atoms with E-state index in [0.717, 1.165) is 43.1 Å². The smallest absolute Gasteiger partial charge is 0.276 e. The molecule has 4 amide bonds. The highest BCUT2D eigenvalue weighted by molar-refractivity contribution is 6.31. The van der Waals surface area contributed by atoms with Crippen LogP contribution in [0, 0.1) is 0 Å². The molecule has 14 nitrogen and oxygen atoms in total. The van der Waals surface area contributed by atoms with E-state index in [-0.39, 0.29) is 12.8 Å². The number of fused-ring (bicyclic) bond motifs is 2. The summed E-state index contributed by atoms with van der Waals surface area (Å²) < 4.78 is 0. The van der Waals surface area contributed by atoms with Crippen LogP contribution in [0.4, 0.5) is 0 Å². The van der Waals surface area contributed by atoms with Gasteiger partial charge in [-0.2, -0.15) is 0 Å². The van der Waals surface area contributed by atoms with Crippen molar-refractivity contribution < 1.29 is 39.1 Å². The molecule has 0 aliphatic carbocycles. The van der Waals surface area contributed by atoms with Gasteiger partial charge in [0.2, 0.25) is 0 Å². The minimum Gasteiger partial charge on any atom is -0.381 e. The number of aromatic nitrogens is 2. The summed E-state index contributed by atoms with van der Waals surface area (Å²) in [6, 6.07) is 30.7. The SMILES string of the molecule is CON(C)C(=O)[C@H](O)[C@H](Cc1ccccc1)NC(=O)c1cc2cc(Cl)ccc2[nH]1.CON(C)C(=O)[C@H](O)[C@H](Cc1ccccc1)NC(=O)c1cc2cc(Cl)ccc2[nH]1. The van der Waals surface area contributed by atoms with Crippen LogP contribution >= 0.6 is 23.2 Å². The molecule has 0 unspecified atom stereocenters. The Kier molecular flexibility index (Phi) is 15.0. The second-order valence-corrected chi connectivity index (χ2v) is 14.2. The lowest BCUT2D eigenvalue weighted by Crippen LogP contribution is -2.51. The predicted octanol–water partition coefficient (Wildman–Crippen LogP) is 5.09. The average Bonchev–Trinajstić information content (AvgIpc) is 3.86. The van der Waals surface area contributed by atoms with E-state index in [9.17, 15) is 29.4 Å². The van der Waals surface area contributed by atoms with Crippen molar-refractivity contribution in [2.75, 3.05) is 28.3 Å². The largest absolute Gasteiger partial charge is 0.381 e. The van der Waals surface area contributed by atoms with Crippen LogP contribution in [0.3, 0.4) is 0 Å². The number of hydroxylamine groups is 4. The van der Waals surface area contributed by atoms with Gasteiger partial charge in [-0.15, -0.1) is 0 Å². The van der Waals surface area contributed by atoms with Crippen molar-refractivity contribution in [2.45, 2.75) is 37.1 Å². The van der Waals surface area contributed by atoms with E-state index in [4.69, 9.17) is 32.9 Å². The minimum absolute atomic E-state index is 0.267. The fourth-order valence-electron chi connectivity index (χ4n) is 6.06. The maximum atomic E-state index is 12.8. The van der Waals surface area contributed by atoms with E-state index < -0.39 is 47.9 Å². The number of nitrogens with zero attached hydrogens (tertiary/aromatic N) is 2. The molecule has 16 heteroatoms. The Morgan fingerprint density at radius 3 is 1.31 bits per heavy atom. The molecule has 4 aromatic carbocycles.